The van der Waals surface area contributed by atoms with E-state index in [2.05, 4.69) is 107 Å². The first-order valence-electron chi connectivity index (χ1n) is 8.12. The molecule has 0 bridgehead atoms. The zero-order valence-electron chi connectivity index (χ0n) is 13.6. The summed E-state index contributed by atoms with van der Waals surface area (Å²) >= 11 is 0. The van der Waals surface area contributed by atoms with Crippen molar-refractivity contribution in [1.29, 1.82) is 0 Å². The Balaban J connectivity index is 1.99. The molecule has 3 aromatic carbocycles. The maximum atomic E-state index is 2.26. The van der Waals surface area contributed by atoms with Crippen LogP contribution < -0.4 is 4.57 Å². The third-order valence-corrected chi connectivity index (χ3v) is 4.29. The average Bonchev–Trinajstić information content (AvgIpc) is 3.01. The van der Waals surface area contributed by atoms with Crippen molar-refractivity contribution < 1.29 is 4.57 Å². The van der Waals surface area contributed by atoms with Gasteiger partial charge in [-0.3, -0.25) is 0 Å². The van der Waals surface area contributed by atoms with Crippen LogP contribution in [0.1, 0.15) is 0 Å². The maximum Gasteiger partial charge on any atom is 0.294 e. The van der Waals surface area contributed by atoms with Gasteiger partial charge < -0.3 is 0 Å². The molecule has 0 amide bonds. The smallest absolute Gasteiger partial charge is 0.225 e. The number of hydrogen-bond donors (Lipinski definition) is 0. The van der Waals surface area contributed by atoms with Crippen molar-refractivity contribution in [3.8, 4) is 28.3 Å². The van der Waals surface area contributed by atoms with Crippen LogP contribution in [0, 0.1) is 0 Å². The largest absolute Gasteiger partial charge is 0.294 e. The van der Waals surface area contributed by atoms with E-state index in [9.17, 15) is 0 Å². The molecule has 2 heteroatoms. The summed E-state index contributed by atoms with van der Waals surface area (Å²) < 4.78 is 4.52. The molecule has 2 nitrogen and oxygen atoms in total. The topological polar surface area (TPSA) is 8.81 Å². The van der Waals surface area contributed by atoms with Crippen LogP contribution in [0.2, 0.25) is 0 Å². The highest BCUT2D eigenvalue weighted by Gasteiger charge is 2.24. The molecule has 24 heavy (non-hydrogen) atoms. The Kier molecular flexibility index (Phi) is 3.72. The molecular formula is C22H19N2+. The fourth-order valence-corrected chi connectivity index (χ4v) is 3.13. The maximum absolute atomic E-state index is 2.26. The van der Waals surface area contributed by atoms with Crippen LogP contribution in [0.5, 0.6) is 0 Å². The predicted molar refractivity (Wildman–Crippen MR) is 97.8 cm³/mol. The second-order valence-corrected chi connectivity index (χ2v) is 5.83. The van der Waals surface area contributed by atoms with Crippen molar-refractivity contribution >= 4 is 0 Å². The Morgan fingerprint density at radius 1 is 0.625 bits per heavy atom. The van der Waals surface area contributed by atoms with Crippen LogP contribution in [0.15, 0.2) is 97.2 Å². The predicted octanol–water partition coefficient (Wildman–Crippen LogP) is 4.64. The van der Waals surface area contributed by atoms with E-state index in [-0.39, 0.29) is 0 Å². The zero-order chi connectivity index (χ0) is 16.4. The van der Waals surface area contributed by atoms with Gasteiger partial charge >= 0.3 is 0 Å². The molecule has 0 saturated carbocycles. The molecule has 0 spiro atoms. The van der Waals surface area contributed by atoms with Gasteiger partial charge in [0.15, 0.2) is 5.69 Å². The van der Waals surface area contributed by atoms with Gasteiger partial charge in [0.25, 0.3) is 5.82 Å². The second-order valence-electron chi connectivity index (χ2n) is 5.83. The van der Waals surface area contributed by atoms with Gasteiger partial charge in [-0.15, -0.1) is 0 Å². The first-order valence-corrected chi connectivity index (χ1v) is 8.12. The first kappa shape index (κ1) is 14.5. The summed E-state index contributed by atoms with van der Waals surface area (Å²) in [5, 5.41) is 0. The lowest BCUT2D eigenvalue weighted by Crippen LogP contribution is -2.31. The van der Waals surface area contributed by atoms with Gasteiger partial charge in [0.2, 0.25) is 0 Å². The van der Waals surface area contributed by atoms with Gasteiger partial charge in [-0.1, -0.05) is 66.7 Å². The monoisotopic (exact) mass is 311 g/mol. The molecule has 4 rings (SSSR count). The van der Waals surface area contributed by atoms with Crippen molar-refractivity contribution in [1.82, 2.24) is 4.57 Å². The number of para-hydroxylation sites is 1. The molecule has 0 aliphatic carbocycles. The van der Waals surface area contributed by atoms with Gasteiger partial charge in [0.1, 0.15) is 11.9 Å². The molecule has 0 radical (unpaired) electrons. The molecule has 1 heterocycles. The van der Waals surface area contributed by atoms with Crippen LogP contribution in [0.25, 0.3) is 28.3 Å². The molecule has 0 atom stereocenters. The minimum absolute atomic E-state index is 1.16. The summed E-state index contributed by atoms with van der Waals surface area (Å²) in [7, 11) is 2.13. The van der Waals surface area contributed by atoms with Crippen LogP contribution in [0.3, 0.4) is 0 Å². The standard InChI is InChI=1S/C22H19N2/c1-23-21(18-11-5-2-6-12-18)17-24(20-15-9-4-10-16-20)22(23)19-13-7-3-8-14-19/h2-17H,1H3/q+1. The second kappa shape index (κ2) is 6.17. The number of benzene rings is 3. The van der Waals surface area contributed by atoms with Crippen molar-refractivity contribution in [3.63, 3.8) is 0 Å². The van der Waals surface area contributed by atoms with Crippen LogP contribution in [-0.2, 0) is 7.05 Å². The Labute approximate surface area is 142 Å². The van der Waals surface area contributed by atoms with Gasteiger partial charge in [-0.25, -0.2) is 4.57 Å². The molecule has 0 fully saturated rings. The number of imidazole rings is 1. The molecule has 0 aliphatic heterocycles. The Morgan fingerprint density at radius 2 is 1.12 bits per heavy atom. The fourth-order valence-electron chi connectivity index (χ4n) is 3.13. The fraction of sp³-hybridized carbons (Fsp3) is 0.0455. The number of hydrogen-bond acceptors (Lipinski definition) is 0. The Morgan fingerprint density at radius 3 is 1.71 bits per heavy atom. The van der Waals surface area contributed by atoms with Crippen molar-refractivity contribution in [2.75, 3.05) is 0 Å². The lowest BCUT2D eigenvalue weighted by molar-refractivity contribution is -0.648. The minimum atomic E-state index is 1.16. The summed E-state index contributed by atoms with van der Waals surface area (Å²) in [5.41, 5.74) is 4.77. The van der Waals surface area contributed by atoms with Gasteiger partial charge in [0.05, 0.1) is 12.6 Å². The normalized spacial score (nSPS) is 10.7. The Hall–Kier alpha value is -3.13. The van der Waals surface area contributed by atoms with E-state index in [1.54, 1.807) is 0 Å². The van der Waals surface area contributed by atoms with E-state index in [0.717, 1.165) is 5.69 Å². The molecule has 0 unspecified atom stereocenters. The van der Waals surface area contributed by atoms with E-state index in [4.69, 9.17) is 0 Å². The van der Waals surface area contributed by atoms with Crippen molar-refractivity contribution in [2.45, 2.75) is 0 Å². The van der Waals surface area contributed by atoms with Crippen LogP contribution in [0.4, 0.5) is 0 Å². The van der Waals surface area contributed by atoms with Crippen LogP contribution >= 0.6 is 0 Å². The summed E-state index contributed by atoms with van der Waals surface area (Å²) in [6.07, 6.45) is 2.22. The third kappa shape index (κ3) is 2.52. The summed E-state index contributed by atoms with van der Waals surface area (Å²) in [5.74, 6) is 1.17. The highest BCUT2D eigenvalue weighted by molar-refractivity contribution is 5.62. The molecule has 1 aromatic heterocycles. The molecule has 4 aromatic rings. The third-order valence-electron chi connectivity index (χ3n) is 4.29. The minimum Gasteiger partial charge on any atom is -0.225 e. The van der Waals surface area contributed by atoms with E-state index in [1.165, 1.54) is 22.6 Å². The van der Waals surface area contributed by atoms with Crippen LogP contribution in [-0.4, -0.2) is 4.57 Å². The Bertz CT molecular complexity index is 939. The highest BCUT2D eigenvalue weighted by atomic mass is 15.2. The zero-order valence-corrected chi connectivity index (χ0v) is 13.6. The lowest BCUT2D eigenvalue weighted by atomic mass is 10.1. The van der Waals surface area contributed by atoms with Gasteiger partial charge in [0, 0.05) is 5.56 Å². The summed E-state index contributed by atoms with van der Waals surface area (Å²) in [6.45, 7) is 0. The van der Waals surface area contributed by atoms with E-state index >= 15 is 0 Å². The van der Waals surface area contributed by atoms with Gasteiger partial charge in [-0.2, -0.15) is 4.57 Å². The quantitative estimate of drug-likeness (QED) is 0.488. The number of rotatable bonds is 3. The molecule has 0 N–H and O–H groups in total. The number of nitrogens with zero attached hydrogens (tertiary/aromatic N) is 2. The van der Waals surface area contributed by atoms with E-state index in [0.29, 0.717) is 0 Å². The van der Waals surface area contributed by atoms with E-state index < -0.39 is 0 Å². The van der Waals surface area contributed by atoms with E-state index in [1.807, 2.05) is 6.07 Å². The molecule has 116 valence electrons. The molecule has 0 saturated heterocycles. The summed E-state index contributed by atoms with van der Waals surface area (Å²) in [4.78, 5) is 0. The molecule has 0 aliphatic rings. The number of aromatic nitrogens is 2. The summed E-state index contributed by atoms with van der Waals surface area (Å²) in [6, 6.07) is 31.5. The highest BCUT2D eigenvalue weighted by Crippen LogP contribution is 2.25. The SMILES string of the molecule is C[n+]1c(-c2ccccc2)cn(-c2ccccc2)c1-c1ccccc1. The van der Waals surface area contributed by atoms with Gasteiger partial charge in [-0.05, 0) is 24.3 Å². The molecular weight excluding hydrogens is 292 g/mol. The first-order chi connectivity index (χ1) is 11.8. The average molecular weight is 311 g/mol. The van der Waals surface area contributed by atoms with Crippen molar-refractivity contribution in [3.05, 3.63) is 97.2 Å². The lowest BCUT2D eigenvalue weighted by Gasteiger charge is -2.03. The van der Waals surface area contributed by atoms with Crippen molar-refractivity contribution in [2.24, 2.45) is 7.05 Å².